The largest absolute Gasteiger partial charge is 0.338 e. The van der Waals surface area contributed by atoms with Gasteiger partial charge in [-0.25, -0.2) is 12.8 Å². The van der Waals surface area contributed by atoms with E-state index >= 15 is 0 Å². The number of hydrogen-bond donors (Lipinski definition) is 1. The summed E-state index contributed by atoms with van der Waals surface area (Å²) in [5.74, 6) is -0.756. The minimum Gasteiger partial charge on any atom is -0.338 e. The molecule has 1 saturated heterocycles. The lowest BCUT2D eigenvalue weighted by molar-refractivity contribution is 0.346. The molecule has 0 aliphatic carbocycles. The molecular weight excluding hydrogens is 405 g/mol. The second-order valence-electron chi connectivity index (χ2n) is 6.64. The number of halogens is 1. The summed E-state index contributed by atoms with van der Waals surface area (Å²) in [6.07, 6.45) is 2.53. The van der Waals surface area contributed by atoms with Gasteiger partial charge in [0.2, 0.25) is 10.0 Å². The zero-order valence-corrected chi connectivity index (χ0v) is 16.4. The molecule has 0 aromatic heterocycles. The van der Waals surface area contributed by atoms with Crippen molar-refractivity contribution in [2.45, 2.75) is 29.1 Å². The Kier molecular flexibility index (Phi) is 4.72. The van der Waals surface area contributed by atoms with E-state index in [-0.39, 0.29) is 26.9 Å². The molecule has 0 amide bonds. The molecule has 4 rings (SSSR count). The quantitative estimate of drug-likeness (QED) is 0.819. The lowest BCUT2D eigenvalue weighted by Gasteiger charge is -2.26. The van der Waals surface area contributed by atoms with E-state index in [4.69, 9.17) is 0 Å². The zero-order valence-electron chi connectivity index (χ0n) is 14.8. The van der Waals surface area contributed by atoms with Gasteiger partial charge in [-0.2, -0.15) is 12.7 Å². The number of amidine groups is 1. The normalized spacial score (nSPS) is 19.4. The van der Waals surface area contributed by atoms with Crippen LogP contribution in [-0.4, -0.2) is 40.1 Å². The maximum absolute atomic E-state index is 14.0. The van der Waals surface area contributed by atoms with Gasteiger partial charge in [-0.3, -0.25) is 0 Å². The summed E-state index contributed by atoms with van der Waals surface area (Å²) in [6.45, 7) is 0.833. The Hall–Kier alpha value is -2.30. The highest BCUT2D eigenvalue weighted by molar-refractivity contribution is 7.91. The van der Waals surface area contributed by atoms with Crippen LogP contribution in [0.5, 0.6) is 0 Å². The lowest BCUT2D eigenvalue weighted by Crippen LogP contribution is -2.35. The summed E-state index contributed by atoms with van der Waals surface area (Å²) >= 11 is 0. The van der Waals surface area contributed by atoms with Crippen molar-refractivity contribution in [3.8, 4) is 0 Å². The fourth-order valence-electron chi connectivity index (χ4n) is 3.32. The molecule has 1 N–H and O–H groups in total. The van der Waals surface area contributed by atoms with E-state index in [1.807, 2.05) is 0 Å². The van der Waals surface area contributed by atoms with Crippen LogP contribution in [0.15, 0.2) is 56.7 Å². The third kappa shape index (κ3) is 3.31. The van der Waals surface area contributed by atoms with Crippen molar-refractivity contribution in [2.24, 2.45) is 4.40 Å². The Balaban J connectivity index is 1.75. The third-order valence-electron chi connectivity index (χ3n) is 4.78. The standard InChI is InChI=1S/C18H18FN3O4S2/c19-15-7-3-2-6-14(15)18-20-16-9-8-13(12-17(16)27(23,24)21-18)28(25,26)22-10-4-1-5-11-22/h2-3,6-9,12H,1,4-5,10-11H2,(H,20,21). The van der Waals surface area contributed by atoms with Crippen molar-refractivity contribution in [2.75, 3.05) is 18.4 Å². The van der Waals surface area contributed by atoms with E-state index in [1.165, 1.54) is 34.6 Å². The average Bonchev–Trinajstić information content (AvgIpc) is 2.68. The first-order valence-electron chi connectivity index (χ1n) is 8.80. The van der Waals surface area contributed by atoms with Crippen LogP contribution in [0, 0.1) is 5.82 Å². The van der Waals surface area contributed by atoms with Crippen molar-refractivity contribution in [3.63, 3.8) is 0 Å². The molecule has 2 aliphatic rings. The SMILES string of the molecule is O=S1(=O)N=C(c2ccccc2F)Nc2ccc(S(=O)(=O)N3CCCCC3)cc21. The molecule has 7 nitrogen and oxygen atoms in total. The highest BCUT2D eigenvalue weighted by Gasteiger charge is 2.31. The Labute approximate surface area is 163 Å². The topological polar surface area (TPSA) is 95.9 Å². The minimum atomic E-state index is -4.19. The summed E-state index contributed by atoms with van der Waals surface area (Å²) in [4.78, 5) is -0.339. The van der Waals surface area contributed by atoms with Gasteiger partial charge in [0, 0.05) is 13.1 Å². The van der Waals surface area contributed by atoms with E-state index < -0.39 is 25.9 Å². The van der Waals surface area contributed by atoms with Crippen LogP contribution in [0.4, 0.5) is 10.1 Å². The van der Waals surface area contributed by atoms with Crippen molar-refractivity contribution in [1.29, 1.82) is 0 Å². The Morgan fingerprint density at radius 3 is 2.46 bits per heavy atom. The lowest BCUT2D eigenvalue weighted by atomic mass is 10.2. The van der Waals surface area contributed by atoms with Crippen molar-refractivity contribution >= 4 is 31.6 Å². The molecule has 0 saturated carbocycles. The van der Waals surface area contributed by atoms with Gasteiger partial charge >= 0.3 is 0 Å². The highest BCUT2D eigenvalue weighted by Crippen LogP contribution is 2.32. The molecule has 0 radical (unpaired) electrons. The summed E-state index contributed by atoms with van der Waals surface area (Å²) in [7, 11) is -7.98. The van der Waals surface area contributed by atoms with E-state index in [0.29, 0.717) is 13.1 Å². The fraction of sp³-hybridized carbons (Fsp3) is 0.278. The number of nitrogens with zero attached hydrogens (tertiary/aromatic N) is 2. The second kappa shape index (κ2) is 6.94. The second-order valence-corrected chi connectivity index (χ2v) is 10.2. The van der Waals surface area contributed by atoms with Crippen molar-refractivity contribution in [1.82, 2.24) is 4.31 Å². The van der Waals surface area contributed by atoms with E-state index in [2.05, 4.69) is 9.71 Å². The van der Waals surface area contributed by atoms with E-state index in [9.17, 15) is 21.2 Å². The predicted octanol–water partition coefficient (Wildman–Crippen LogP) is 2.56. The smallest absolute Gasteiger partial charge is 0.286 e. The number of piperidine rings is 1. The van der Waals surface area contributed by atoms with Crippen LogP contribution in [0.2, 0.25) is 0 Å². The minimum absolute atomic E-state index is 0.0155. The van der Waals surface area contributed by atoms with Crippen LogP contribution in [0.25, 0.3) is 0 Å². The first-order valence-corrected chi connectivity index (χ1v) is 11.7. The van der Waals surface area contributed by atoms with Gasteiger partial charge in [0.25, 0.3) is 10.0 Å². The fourth-order valence-corrected chi connectivity index (χ4v) is 6.10. The van der Waals surface area contributed by atoms with E-state index in [0.717, 1.165) is 25.3 Å². The first kappa shape index (κ1) is 19.0. The number of rotatable bonds is 3. The Morgan fingerprint density at radius 1 is 1.04 bits per heavy atom. The van der Waals surface area contributed by atoms with Gasteiger partial charge in [-0.15, -0.1) is 4.40 Å². The molecule has 1 fully saturated rings. The zero-order chi connectivity index (χ0) is 19.9. The summed E-state index contributed by atoms with van der Waals surface area (Å²) < 4.78 is 70.1. The van der Waals surface area contributed by atoms with Crippen LogP contribution in [0.3, 0.4) is 0 Å². The molecule has 2 heterocycles. The maximum Gasteiger partial charge on any atom is 0.286 e. The highest BCUT2D eigenvalue weighted by atomic mass is 32.2. The van der Waals surface area contributed by atoms with Gasteiger partial charge < -0.3 is 5.32 Å². The van der Waals surface area contributed by atoms with Gasteiger partial charge in [-0.1, -0.05) is 18.6 Å². The van der Waals surface area contributed by atoms with Crippen LogP contribution >= 0.6 is 0 Å². The van der Waals surface area contributed by atoms with E-state index in [1.54, 1.807) is 6.07 Å². The number of anilines is 1. The van der Waals surface area contributed by atoms with Crippen molar-refractivity contribution in [3.05, 3.63) is 53.8 Å². The molecule has 2 aromatic carbocycles. The molecule has 148 valence electrons. The summed E-state index contributed by atoms with van der Waals surface area (Å²) in [5, 5.41) is 2.79. The number of benzene rings is 2. The molecule has 28 heavy (non-hydrogen) atoms. The molecule has 0 unspecified atom stereocenters. The number of fused-ring (bicyclic) bond motifs is 1. The first-order chi connectivity index (χ1) is 13.3. The predicted molar refractivity (Wildman–Crippen MR) is 103 cm³/mol. The summed E-state index contributed by atoms with van der Waals surface area (Å²) in [5.41, 5.74) is 0.174. The van der Waals surface area contributed by atoms with Gasteiger partial charge in [0.05, 0.1) is 16.1 Å². The molecular formula is C18H18FN3O4S2. The molecule has 0 spiro atoms. The molecule has 10 heteroatoms. The van der Waals surface area contributed by atoms with Gasteiger partial charge in [0.1, 0.15) is 10.7 Å². The van der Waals surface area contributed by atoms with Crippen LogP contribution in [0.1, 0.15) is 24.8 Å². The van der Waals surface area contributed by atoms with Gasteiger partial charge in [-0.05, 0) is 43.2 Å². The van der Waals surface area contributed by atoms with Crippen LogP contribution in [-0.2, 0) is 20.0 Å². The molecule has 0 atom stereocenters. The average molecular weight is 423 g/mol. The van der Waals surface area contributed by atoms with Gasteiger partial charge in [0.15, 0.2) is 5.84 Å². The van der Waals surface area contributed by atoms with Crippen LogP contribution < -0.4 is 5.32 Å². The maximum atomic E-state index is 14.0. The van der Waals surface area contributed by atoms with Crippen molar-refractivity contribution < 1.29 is 21.2 Å². The summed E-state index contributed by atoms with van der Waals surface area (Å²) in [6, 6.07) is 9.52. The Morgan fingerprint density at radius 2 is 1.75 bits per heavy atom. The molecule has 0 bridgehead atoms. The number of sulfonamides is 2. The molecule has 2 aromatic rings. The monoisotopic (exact) mass is 423 g/mol. The molecule has 2 aliphatic heterocycles. The number of hydrogen-bond acceptors (Lipinski definition) is 5. The Bertz CT molecular complexity index is 1170. The number of nitrogens with one attached hydrogen (secondary N) is 1. The third-order valence-corrected chi connectivity index (χ3v) is 7.99.